The maximum Gasteiger partial charge on any atom is 0.221 e. The maximum absolute atomic E-state index is 5.86. The second-order valence-electron chi connectivity index (χ2n) is 11.6. The molecule has 2 aliphatic rings. The van der Waals surface area contributed by atoms with E-state index in [2.05, 4.69) is 60.3 Å². The number of methoxy groups -OCH3 is 1. The fraction of sp³-hybridized carbons (Fsp3) is 0.571. The molecule has 9 heteroatoms. The largest absolute Gasteiger partial charge is 0.481 e. The quantitative estimate of drug-likeness (QED) is 0.508. The fourth-order valence-corrected chi connectivity index (χ4v) is 5.90. The number of nitrogens with one attached hydrogen (secondary N) is 1. The molecule has 198 valence electrons. The van der Waals surface area contributed by atoms with Crippen molar-refractivity contribution in [3.63, 3.8) is 0 Å². The molecule has 9 nitrogen and oxygen atoms in total. The lowest BCUT2D eigenvalue weighted by molar-refractivity contribution is -0.0394. The first-order valence-corrected chi connectivity index (χ1v) is 13.2. The third-order valence-electron chi connectivity index (χ3n) is 7.41. The predicted octanol–water partition coefficient (Wildman–Crippen LogP) is 4.86. The summed E-state index contributed by atoms with van der Waals surface area (Å²) in [6.45, 7) is 9.84. The summed E-state index contributed by atoms with van der Waals surface area (Å²) < 4.78 is 13.4. The highest BCUT2D eigenvalue weighted by molar-refractivity contribution is 5.70. The van der Waals surface area contributed by atoms with Crippen LogP contribution in [0.2, 0.25) is 0 Å². The number of pyridine rings is 1. The third kappa shape index (κ3) is 5.62. The molecule has 5 rings (SSSR count). The molecule has 0 spiro atoms. The van der Waals surface area contributed by atoms with Crippen LogP contribution in [0.5, 0.6) is 5.88 Å². The van der Waals surface area contributed by atoms with E-state index in [4.69, 9.17) is 14.5 Å². The Labute approximate surface area is 219 Å². The van der Waals surface area contributed by atoms with Crippen molar-refractivity contribution in [1.82, 2.24) is 30.3 Å². The van der Waals surface area contributed by atoms with E-state index < -0.39 is 0 Å². The van der Waals surface area contributed by atoms with Crippen molar-refractivity contribution in [1.29, 1.82) is 0 Å². The Bertz CT molecular complexity index is 1200. The summed E-state index contributed by atoms with van der Waals surface area (Å²) in [4.78, 5) is 7.00. The van der Waals surface area contributed by atoms with Gasteiger partial charge in [0.2, 0.25) is 5.88 Å². The average molecular weight is 506 g/mol. The summed E-state index contributed by atoms with van der Waals surface area (Å²) >= 11 is 0. The fourth-order valence-electron chi connectivity index (χ4n) is 5.90. The van der Waals surface area contributed by atoms with Gasteiger partial charge in [0.25, 0.3) is 0 Å². The molecule has 3 aromatic heterocycles. The van der Waals surface area contributed by atoms with Gasteiger partial charge in [0.1, 0.15) is 11.9 Å². The van der Waals surface area contributed by atoms with Crippen molar-refractivity contribution < 1.29 is 9.47 Å². The van der Waals surface area contributed by atoms with Crippen molar-refractivity contribution in [3.8, 4) is 28.4 Å². The van der Waals surface area contributed by atoms with Crippen molar-refractivity contribution >= 4 is 5.82 Å². The topological polar surface area (TPSA) is 90.2 Å². The van der Waals surface area contributed by atoms with Crippen LogP contribution in [0.1, 0.15) is 66.0 Å². The molecule has 0 saturated carbocycles. The molecule has 2 saturated heterocycles. The van der Waals surface area contributed by atoms with Gasteiger partial charge in [-0.05, 0) is 84.1 Å². The lowest BCUT2D eigenvalue weighted by atomic mass is 9.79. The van der Waals surface area contributed by atoms with Gasteiger partial charge in [-0.1, -0.05) is 0 Å². The number of hydrogen-bond acceptors (Lipinski definition) is 8. The summed E-state index contributed by atoms with van der Waals surface area (Å²) in [5, 5.41) is 17.4. The standard InChI is InChI=1S/C28H39N7O2/c1-27(2)15-20(16-28(3,4)33-27)34(5)24-13-12-23(31-32-24)22-11-10-21(26(30-22)36-6)19-17-29-35(18-19)25-9-7-8-14-37-25/h10-13,17-18,20,25,33H,7-9,14-16H2,1-6H3. The van der Waals surface area contributed by atoms with Gasteiger partial charge in [0.05, 0.1) is 19.0 Å². The molecule has 0 aliphatic carbocycles. The van der Waals surface area contributed by atoms with Gasteiger partial charge in [-0.25, -0.2) is 9.67 Å². The zero-order valence-electron chi connectivity index (χ0n) is 22.9. The van der Waals surface area contributed by atoms with Gasteiger partial charge in [-0.15, -0.1) is 10.2 Å². The zero-order valence-corrected chi connectivity index (χ0v) is 22.9. The first kappa shape index (κ1) is 25.6. The van der Waals surface area contributed by atoms with Crippen LogP contribution in [-0.2, 0) is 4.74 Å². The van der Waals surface area contributed by atoms with Crippen molar-refractivity contribution in [2.24, 2.45) is 0 Å². The van der Waals surface area contributed by atoms with Crippen molar-refractivity contribution in [3.05, 3.63) is 36.7 Å². The summed E-state index contributed by atoms with van der Waals surface area (Å²) in [5.74, 6) is 1.40. The summed E-state index contributed by atoms with van der Waals surface area (Å²) in [5.41, 5.74) is 3.38. The maximum atomic E-state index is 5.86. The Hall–Kier alpha value is -3.04. The Morgan fingerprint density at radius 2 is 1.78 bits per heavy atom. The van der Waals surface area contributed by atoms with Crippen LogP contribution in [0.25, 0.3) is 22.5 Å². The minimum atomic E-state index is -0.00494. The summed E-state index contributed by atoms with van der Waals surface area (Å²) in [7, 11) is 3.75. The molecular formula is C28H39N7O2. The van der Waals surface area contributed by atoms with Crippen LogP contribution in [0.4, 0.5) is 5.82 Å². The molecule has 1 unspecified atom stereocenters. The van der Waals surface area contributed by atoms with E-state index >= 15 is 0 Å². The lowest BCUT2D eigenvalue weighted by Crippen LogP contribution is -2.62. The second-order valence-corrected chi connectivity index (χ2v) is 11.6. The highest BCUT2D eigenvalue weighted by Crippen LogP contribution is 2.34. The number of aromatic nitrogens is 5. The van der Waals surface area contributed by atoms with E-state index in [-0.39, 0.29) is 17.3 Å². The molecule has 1 N–H and O–H groups in total. The highest BCUT2D eigenvalue weighted by atomic mass is 16.5. The molecule has 0 aromatic carbocycles. The van der Waals surface area contributed by atoms with E-state index in [0.717, 1.165) is 61.3 Å². The molecule has 0 bridgehead atoms. The van der Waals surface area contributed by atoms with Crippen molar-refractivity contribution in [2.45, 2.75) is 83.1 Å². The molecule has 1 atom stereocenters. The monoisotopic (exact) mass is 505 g/mol. The highest BCUT2D eigenvalue weighted by Gasteiger charge is 2.39. The summed E-state index contributed by atoms with van der Waals surface area (Å²) in [6.07, 6.45) is 9.16. The molecule has 2 aliphatic heterocycles. The molecule has 2 fully saturated rings. The van der Waals surface area contributed by atoms with E-state index in [1.54, 1.807) is 7.11 Å². The van der Waals surface area contributed by atoms with Gasteiger partial charge in [-0.3, -0.25) is 0 Å². The number of ether oxygens (including phenoxy) is 2. The minimum Gasteiger partial charge on any atom is -0.481 e. The van der Waals surface area contributed by atoms with Gasteiger partial charge < -0.3 is 19.7 Å². The smallest absolute Gasteiger partial charge is 0.221 e. The number of anilines is 1. The van der Waals surface area contributed by atoms with Crippen LogP contribution in [-0.4, -0.2) is 62.8 Å². The predicted molar refractivity (Wildman–Crippen MR) is 145 cm³/mol. The van der Waals surface area contributed by atoms with Crippen LogP contribution < -0.4 is 15.0 Å². The number of rotatable bonds is 6. The Kier molecular flexibility index (Phi) is 6.93. The average Bonchev–Trinajstić information content (AvgIpc) is 3.37. The molecule has 3 aromatic rings. The Morgan fingerprint density at radius 1 is 1.03 bits per heavy atom. The molecule has 37 heavy (non-hydrogen) atoms. The van der Waals surface area contributed by atoms with Crippen LogP contribution in [0, 0.1) is 0 Å². The molecule has 0 radical (unpaired) electrons. The van der Waals surface area contributed by atoms with Crippen LogP contribution in [0.15, 0.2) is 36.7 Å². The Morgan fingerprint density at radius 3 is 2.43 bits per heavy atom. The normalized spacial score (nSPS) is 21.5. The number of hydrogen-bond donors (Lipinski definition) is 1. The lowest BCUT2D eigenvalue weighted by Gasteiger charge is -2.49. The van der Waals surface area contributed by atoms with Gasteiger partial charge in [0, 0.05) is 48.1 Å². The molecule has 5 heterocycles. The van der Waals surface area contributed by atoms with Crippen LogP contribution >= 0.6 is 0 Å². The van der Waals surface area contributed by atoms with Gasteiger partial charge >= 0.3 is 0 Å². The first-order chi connectivity index (χ1) is 17.6. The SMILES string of the molecule is COc1nc(-c2ccc(N(C)C3CC(C)(C)NC(C)(C)C3)nn2)ccc1-c1cnn(C2CCCCO2)c1. The number of nitrogens with zero attached hydrogens (tertiary/aromatic N) is 6. The van der Waals surface area contributed by atoms with E-state index in [1.165, 1.54) is 0 Å². The summed E-state index contributed by atoms with van der Waals surface area (Å²) in [6, 6.07) is 8.35. The van der Waals surface area contributed by atoms with E-state index in [1.807, 2.05) is 41.3 Å². The van der Waals surface area contributed by atoms with Gasteiger partial charge in [-0.2, -0.15) is 5.10 Å². The zero-order chi connectivity index (χ0) is 26.2. The molecule has 0 amide bonds. The second kappa shape index (κ2) is 10.0. The van der Waals surface area contributed by atoms with E-state index in [9.17, 15) is 0 Å². The van der Waals surface area contributed by atoms with Crippen molar-refractivity contribution in [2.75, 3.05) is 25.7 Å². The van der Waals surface area contributed by atoms with E-state index in [0.29, 0.717) is 17.6 Å². The van der Waals surface area contributed by atoms with Crippen LogP contribution in [0.3, 0.4) is 0 Å². The van der Waals surface area contributed by atoms with Gasteiger partial charge in [0.15, 0.2) is 5.82 Å². The number of piperidine rings is 1. The Balaban J connectivity index is 1.33. The third-order valence-corrected chi connectivity index (χ3v) is 7.41. The minimum absolute atomic E-state index is 0.00494. The molecular weight excluding hydrogens is 466 g/mol. The first-order valence-electron chi connectivity index (χ1n) is 13.2.